The van der Waals surface area contributed by atoms with E-state index in [2.05, 4.69) is 61.2 Å². The molecule has 0 radical (unpaired) electrons. The van der Waals surface area contributed by atoms with Crippen LogP contribution in [0.5, 0.6) is 0 Å². The molecule has 238 valence electrons. The topological polar surface area (TPSA) is 94.7 Å². The van der Waals surface area contributed by atoms with Crippen molar-refractivity contribution >= 4 is 41.7 Å². The van der Waals surface area contributed by atoms with Gasteiger partial charge in [-0.05, 0) is 80.6 Å². The smallest absolute Gasteiger partial charge is 0.148 e. The number of halogens is 2. The van der Waals surface area contributed by atoms with Crippen LogP contribution in [-0.2, 0) is 5.44 Å². The lowest BCUT2D eigenvalue weighted by atomic mass is 9.69. The van der Waals surface area contributed by atoms with Gasteiger partial charge in [0, 0.05) is 23.8 Å². The molecule has 8 nitrogen and oxygen atoms in total. The molecule has 1 saturated heterocycles. The minimum absolute atomic E-state index is 0.0341. The van der Waals surface area contributed by atoms with Crippen molar-refractivity contribution in [3.8, 4) is 6.07 Å². The number of nitrogens with one attached hydrogen (secondary N) is 2. The molecule has 0 unspecified atom stereocenters. The molecule has 2 N–H and O–H groups in total. The summed E-state index contributed by atoms with van der Waals surface area (Å²) in [5.74, 6) is -0.314. The lowest BCUT2D eigenvalue weighted by Crippen LogP contribution is -2.37. The maximum atomic E-state index is 14.0. The molecule has 1 aliphatic heterocycles. The number of hydrogen-bond donors (Lipinski definition) is 2. The van der Waals surface area contributed by atoms with Gasteiger partial charge in [0.05, 0.1) is 45.5 Å². The number of piperidine rings is 1. The molecule has 1 saturated carbocycles. The maximum absolute atomic E-state index is 14.0. The second-order valence-corrected chi connectivity index (χ2v) is 13.3. The molecule has 7 rings (SSSR count). The van der Waals surface area contributed by atoms with E-state index in [9.17, 15) is 9.65 Å². The molecule has 0 amide bonds. The molecule has 2 aromatic heterocycles. The summed E-state index contributed by atoms with van der Waals surface area (Å²) in [5.41, 5.74) is 4.26. The van der Waals surface area contributed by atoms with Gasteiger partial charge in [-0.3, -0.25) is 4.98 Å². The Balaban J connectivity index is 1.28. The number of pyridine rings is 1. The zero-order valence-corrected chi connectivity index (χ0v) is 27.2. The maximum Gasteiger partial charge on any atom is 0.148 e. The third-order valence-corrected chi connectivity index (χ3v) is 9.80. The number of hydrogen-bond acceptors (Lipinski definition) is 7. The van der Waals surface area contributed by atoms with Gasteiger partial charge in [-0.25, -0.2) is 9.07 Å². The standard InChI is InChI=1S/C36H37BClFN8/c37-36(26-9-11-27(39)12-10-26,33-23-47(45-44-33)29-13-14-29)43-28-19-30-34(25(21-40)22-41-35(30)31(38)20-28)42-32(24-7-3-1-4-8-24)15-18-46-16-5-2-6-17-46/h1,3-4,7-12,19-20,22-23,29,32,43H,2,5-6,13-18,37H2,(H,41,42)/t32-,36+/m1/s1. The normalized spacial score (nSPS) is 17.1. The molecule has 2 fully saturated rings. The van der Waals surface area contributed by atoms with E-state index in [1.165, 1.54) is 31.4 Å². The molecule has 1 aliphatic carbocycles. The van der Waals surface area contributed by atoms with Crippen molar-refractivity contribution in [2.45, 2.75) is 56.0 Å². The van der Waals surface area contributed by atoms with Crippen LogP contribution in [0, 0.1) is 17.1 Å². The fourth-order valence-electron chi connectivity index (χ4n) is 6.63. The number of fused-ring (bicyclic) bond motifs is 1. The highest BCUT2D eigenvalue weighted by atomic mass is 35.5. The van der Waals surface area contributed by atoms with E-state index < -0.39 is 5.44 Å². The SMILES string of the molecule is B[C@](Nc1cc(Cl)c2ncc(C#N)c(N[C@H](CCN3CCCCC3)c3ccccc3)c2c1)(c1ccc(F)cc1)c1cn(C2CC2)nn1. The monoisotopic (exact) mass is 646 g/mol. The largest absolute Gasteiger partial charge is 0.378 e. The summed E-state index contributed by atoms with van der Waals surface area (Å²) in [6, 6.07) is 23.3. The molecule has 3 aromatic carbocycles. The van der Waals surface area contributed by atoms with Crippen LogP contribution in [0.3, 0.4) is 0 Å². The van der Waals surface area contributed by atoms with Gasteiger partial charge in [-0.2, -0.15) is 5.26 Å². The van der Waals surface area contributed by atoms with E-state index in [-0.39, 0.29) is 11.9 Å². The van der Waals surface area contributed by atoms with Crippen molar-refractivity contribution in [1.29, 1.82) is 5.26 Å². The molecular weight excluding hydrogens is 610 g/mol. The van der Waals surface area contributed by atoms with Gasteiger partial charge in [-0.1, -0.05) is 65.7 Å². The molecule has 2 atom stereocenters. The van der Waals surface area contributed by atoms with Crippen LogP contribution in [0.1, 0.15) is 73.0 Å². The lowest BCUT2D eigenvalue weighted by molar-refractivity contribution is 0.223. The molecule has 11 heteroatoms. The number of nitrogens with zero attached hydrogens (tertiary/aromatic N) is 6. The Morgan fingerprint density at radius 1 is 1.06 bits per heavy atom. The Morgan fingerprint density at radius 2 is 1.83 bits per heavy atom. The van der Waals surface area contributed by atoms with Crippen LogP contribution in [0.25, 0.3) is 10.9 Å². The molecule has 2 aliphatic rings. The van der Waals surface area contributed by atoms with Gasteiger partial charge in [-0.15, -0.1) is 5.10 Å². The van der Waals surface area contributed by atoms with E-state index in [0.717, 1.165) is 55.4 Å². The number of benzene rings is 3. The predicted octanol–water partition coefficient (Wildman–Crippen LogP) is 6.80. The van der Waals surface area contributed by atoms with Crippen molar-refractivity contribution in [2.75, 3.05) is 30.3 Å². The van der Waals surface area contributed by atoms with Crippen molar-refractivity contribution in [2.24, 2.45) is 0 Å². The number of likely N-dealkylation sites (tertiary alicyclic amines) is 1. The quantitative estimate of drug-likeness (QED) is 0.152. The van der Waals surface area contributed by atoms with E-state index in [4.69, 9.17) is 11.6 Å². The summed E-state index contributed by atoms with van der Waals surface area (Å²) < 4.78 is 15.9. The van der Waals surface area contributed by atoms with Gasteiger partial charge in [0.15, 0.2) is 0 Å². The summed E-state index contributed by atoms with van der Waals surface area (Å²) in [6.07, 6.45) is 10.4. The fourth-order valence-corrected chi connectivity index (χ4v) is 6.90. The van der Waals surface area contributed by atoms with Gasteiger partial charge in [0.1, 0.15) is 25.4 Å². The lowest BCUT2D eigenvalue weighted by Gasteiger charge is -2.31. The molecule has 3 heterocycles. The van der Waals surface area contributed by atoms with Crippen molar-refractivity contribution in [1.82, 2.24) is 24.9 Å². The first-order chi connectivity index (χ1) is 22.9. The number of anilines is 2. The van der Waals surface area contributed by atoms with Crippen molar-refractivity contribution in [3.05, 3.63) is 112 Å². The van der Waals surface area contributed by atoms with Crippen LogP contribution in [0.2, 0.25) is 5.02 Å². The molecule has 0 spiro atoms. The Bertz CT molecular complexity index is 1900. The summed E-state index contributed by atoms with van der Waals surface area (Å²) in [6.45, 7) is 3.20. The van der Waals surface area contributed by atoms with Gasteiger partial charge >= 0.3 is 0 Å². The first kappa shape index (κ1) is 31.2. The molecular formula is C36H37BClFN8. The first-order valence-corrected chi connectivity index (χ1v) is 16.8. The van der Waals surface area contributed by atoms with E-state index in [1.54, 1.807) is 18.3 Å². The third kappa shape index (κ3) is 6.69. The highest BCUT2D eigenvalue weighted by molar-refractivity contribution is 6.36. The third-order valence-electron chi connectivity index (χ3n) is 9.51. The van der Waals surface area contributed by atoms with E-state index in [0.29, 0.717) is 39.2 Å². The van der Waals surface area contributed by atoms with Crippen molar-refractivity contribution in [3.63, 3.8) is 0 Å². The zero-order valence-electron chi connectivity index (χ0n) is 26.5. The van der Waals surface area contributed by atoms with E-state index in [1.807, 2.05) is 36.9 Å². The Morgan fingerprint density at radius 3 is 2.55 bits per heavy atom. The predicted molar refractivity (Wildman–Crippen MR) is 187 cm³/mol. The van der Waals surface area contributed by atoms with Crippen LogP contribution in [0.4, 0.5) is 15.8 Å². The van der Waals surface area contributed by atoms with Gasteiger partial charge in [0.2, 0.25) is 0 Å². The minimum Gasteiger partial charge on any atom is -0.378 e. The zero-order chi connectivity index (χ0) is 32.4. The Hall–Kier alpha value is -4.46. The Labute approximate surface area is 280 Å². The summed E-state index contributed by atoms with van der Waals surface area (Å²) in [5, 5.41) is 27.8. The summed E-state index contributed by atoms with van der Waals surface area (Å²) in [4.78, 5) is 7.14. The second-order valence-electron chi connectivity index (χ2n) is 12.9. The molecule has 5 aromatic rings. The second kappa shape index (κ2) is 13.3. The summed E-state index contributed by atoms with van der Waals surface area (Å²) in [7, 11) is 2.01. The number of aromatic nitrogens is 4. The number of rotatable bonds is 11. The highest BCUT2D eigenvalue weighted by Crippen LogP contribution is 2.39. The fraction of sp³-hybridized carbons (Fsp3) is 0.333. The minimum atomic E-state index is -0.868. The molecule has 47 heavy (non-hydrogen) atoms. The van der Waals surface area contributed by atoms with Gasteiger partial charge in [0.25, 0.3) is 0 Å². The van der Waals surface area contributed by atoms with Crippen LogP contribution >= 0.6 is 11.6 Å². The first-order valence-electron chi connectivity index (χ1n) is 16.4. The van der Waals surface area contributed by atoms with Crippen molar-refractivity contribution < 1.29 is 4.39 Å². The average molecular weight is 647 g/mol. The number of nitriles is 1. The van der Waals surface area contributed by atoms with Crippen LogP contribution in [0.15, 0.2) is 79.1 Å². The highest BCUT2D eigenvalue weighted by Gasteiger charge is 2.34. The van der Waals surface area contributed by atoms with Crippen LogP contribution < -0.4 is 10.6 Å². The van der Waals surface area contributed by atoms with Crippen LogP contribution in [-0.4, -0.2) is 52.4 Å². The summed E-state index contributed by atoms with van der Waals surface area (Å²) >= 11 is 6.94. The van der Waals surface area contributed by atoms with Gasteiger partial charge < -0.3 is 15.5 Å². The molecule has 0 bridgehead atoms. The van der Waals surface area contributed by atoms with E-state index >= 15 is 0 Å². The Kier molecular flexibility index (Phi) is 8.85. The average Bonchev–Trinajstić information content (AvgIpc) is 3.83.